The zero-order valence-corrected chi connectivity index (χ0v) is 16.0. The van der Waals surface area contributed by atoms with Gasteiger partial charge in [-0.15, -0.1) is 11.8 Å². The number of amides is 1. The van der Waals surface area contributed by atoms with Crippen molar-refractivity contribution in [1.82, 2.24) is 5.32 Å². The highest BCUT2D eigenvalue weighted by atomic mass is 32.2. The van der Waals surface area contributed by atoms with Gasteiger partial charge in [-0.3, -0.25) is 14.9 Å². The molecule has 6 nitrogen and oxygen atoms in total. The number of nitro benzene ring substituents is 1. The molecule has 1 N–H and O–H groups in total. The molecule has 7 heteroatoms. The Kier molecular flexibility index (Phi) is 6.13. The van der Waals surface area contributed by atoms with Crippen molar-refractivity contribution in [2.75, 3.05) is 19.8 Å². The van der Waals surface area contributed by atoms with Crippen molar-refractivity contribution in [2.24, 2.45) is 0 Å². The molecule has 1 aliphatic rings. The molecule has 0 aliphatic carbocycles. The van der Waals surface area contributed by atoms with Gasteiger partial charge in [0, 0.05) is 46.6 Å². The van der Waals surface area contributed by atoms with Gasteiger partial charge in [0.25, 0.3) is 11.6 Å². The Morgan fingerprint density at radius 3 is 2.56 bits per heavy atom. The minimum absolute atomic E-state index is 0.0397. The molecule has 1 aliphatic heterocycles. The van der Waals surface area contributed by atoms with Gasteiger partial charge in [0.2, 0.25) is 0 Å². The Morgan fingerprint density at radius 2 is 1.89 bits per heavy atom. The second kappa shape index (κ2) is 8.54. The SMILES string of the molecule is Cc1c(C(=O)NCC2(Sc3ccccc3)CCOCC2)cccc1[N+](=O)[O-]. The molecule has 0 saturated carbocycles. The first-order chi connectivity index (χ1) is 13.0. The van der Waals surface area contributed by atoms with E-state index in [4.69, 9.17) is 4.74 Å². The van der Waals surface area contributed by atoms with Crippen LogP contribution in [0.15, 0.2) is 53.4 Å². The van der Waals surface area contributed by atoms with Gasteiger partial charge in [-0.05, 0) is 38.0 Å². The molecule has 27 heavy (non-hydrogen) atoms. The molecule has 0 spiro atoms. The molecule has 1 saturated heterocycles. The van der Waals surface area contributed by atoms with Crippen LogP contribution >= 0.6 is 11.8 Å². The highest BCUT2D eigenvalue weighted by molar-refractivity contribution is 8.00. The van der Waals surface area contributed by atoms with E-state index in [1.807, 2.05) is 18.2 Å². The first-order valence-electron chi connectivity index (χ1n) is 8.85. The number of nitrogens with zero attached hydrogens (tertiary/aromatic N) is 1. The lowest BCUT2D eigenvalue weighted by Gasteiger charge is -2.36. The zero-order chi connectivity index (χ0) is 19.3. The normalized spacial score (nSPS) is 15.9. The monoisotopic (exact) mass is 386 g/mol. The molecule has 0 bridgehead atoms. The predicted octanol–water partition coefficient (Wildman–Crippen LogP) is 3.97. The van der Waals surface area contributed by atoms with Crippen LogP contribution in [0.1, 0.15) is 28.8 Å². The van der Waals surface area contributed by atoms with Crippen LogP contribution in [0, 0.1) is 17.0 Å². The molecule has 3 rings (SSSR count). The van der Waals surface area contributed by atoms with E-state index in [1.54, 1.807) is 30.8 Å². The lowest BCUT2D eigenvalue weighted by Crippen LogP contribution is -2.44. The number of ether oxygens (including phenoxy) is 1. The topological polar surface area (TPSA) is 81.5 Å². The maximum absolute atomic E-state index is 12.7. The van der Waals surface area contributed by atoms with Crippen LogP contribution in [-0.4, -0.2) is 35.3 Å². The first kappa shape index (κ1) is 19.4. The maximum atomic E-state index is 12.7. The van der Waals surface area contributed by atoms with Crippen LogP contribution in [0.4, 0.5) is 5.69 Å². The number of hydrogen-bond donors (Lipinski definition) is 1. The van der Waals surface area contributed by atoms with Crippen molar-refractivity contribution in [1.29, 1.82) is 0 Å². The average Bonchev–Trinajstić information content (AvgIpc) is 2.68. The fourth-order valence-electron chi connectivity index (χ4n) is 3.20. The van der Waals surface area contributed by atoms with E-state index in [2.05, 4.69) is 17.4 Å². The van der Waals surface area contributed by atoms with Gasteiger partial charge in [0.05, 0.1) is 4.92 Å². The van der Waals surface area contributed by atoms with Crippen LogP contribution in [0.25, 0.3) is 0 Å². The highest BCUT2D eigenvalue weighted by Crippen LogP contribution is 2.40. The smallest absolute Gasteiger partial charge is 0.273 e. The minimum atomic E-state index is -0.461. The van der Waals surface area contributed by atoms with Crippen LogP contribution in [0.2, 0.25) is 0 Å². The van der Waals surface area contributed by atoms with E-state index in [0.29, 0.717) is 30.9 Å². The van der Waals surface area contributed by atoms with Crippen LogP contribution in [0.3, 0.4) is 0 Å². The summed E-state index contributed by atoms with van der Waals surface area (Å²) in [6.07, 6.45) is 1.67. The van der Waals surface area contributed by atoms with E-state index in [0.717, 1.165) is 17.7 Å². The number of carbonyl (C=O) groups is 1. The lowest BCUT2D eigenvalue weighted by atomic mass is 9.98. The lowest BCUT2D eigenvalue weighted by molar-refractivity contribution is -0.385. The molecule has 2 aromatic rings. The minimum Gasteiger partial charge on any atom is -0.381 e. The Balaban J connectivity index is 1.75. The van der Waals surface area contributed by atoms with Crippen molar-refractivity contribution in [3.8, 4) is 0 Å². The Hall–Kier alpha value is -2.38. The predicted molar refractivity (Wildman–Crippen MR) is 105 cm³/mol. The number of thioether (sulfide) groups is 1. The summed E-state index contributed by atoms with van der Waals surface area (Å²) in [6.45, 7) is 3.41. The summed E-state index contributed by atoms with van der Waals surface area (Å²) < 4.78 is 5.37. The number of benzene rings is 2. The summed E-state index contributed by atoms with van der Waals surface area (Å²) >= 11 is 1.76. The third kappa shape index (κ3) is 4.67. The van der Waals surface area contributed by atoms with Crippen molar-refractivity contribution >= 4 is 23.4 Å². The van der Waals surface area contributed by atoms with Crippen molar-refractivity contribution < 1.29 is 14.5 Å². The summed E-state index contributed by atoms with van der Waals surface area (Å²) in [5.74, 6) is -0.282. The molecular weight excluding hydrogens is 364 g/mol. The van der Waals surface area contributed by atoms with Gasteiger partial charge >= 0.3 is 0 Å². The summed E-state index contributed by atoms with van der Waals surface area (Å²) in [5.41, 5.74) is 0.690. The molecule has 2 aromatic carbocycles. The second-order valence-corrected chi connectivity index (χ2v) is 8.14. The van der Waals surface area contributed by atoms with E-state index in [-0.39, 0.29) is 16.3 Å². The summed E-state index contributed by atoms with van der Waals surface area (Å²) in [5, 5.41) is 14.1. The quantitative estimate of drug-likeness (QED) is 0.600. The Labute approximate surface area is 162 Å². The number of nitro groups is 1. The molecule has 0 atom stereocenters. The number of carbonyl (C=O) groups excluding carboxylic acids is 1. The Morgan fingerprint density at radius 1 is 1.19 bits per heavy atom. The fraction of sp³-hybridized carbons (Fsp3) is 0.350. The van der Waals surface area contributed by atoms with Gasteiger partial charge in [-0.2, -0.15) is 0 Å². The van der Waals surface area contributed by atoms with Crippen molar-refractivity contribution in [3.63, 3.8) is 0 Å². The van der Waals surface area contributed by atoms with Gasteiger partial charge in [0.1, 0.15) is 0 Å². The van der Waals surface area contributed by atoms with E-state index < -0.39 is 4.92 Å². The van der Waals surface area contributed by atoms with E-state index in [9.17, 15) is 14.9 Å². The van der Waals surface area contributed by atoms with Crippen LogP contribution in [0.5, 0.6) is 0 Å². The van der Waals surface area contributed by atoms with E-state index >= 15 is 0 Å². The Bertz CT molecular complexity index is 820. The molecule has 0 radical (unpaired) electrons. The third-order valence-electron chi connectivity index (χ3n) is 4.80. The number of rotatable bonds is 6. The van der Waals surface area contributed by atoms with Crippen LogP contribution < -0.4 is 5.32 Å². The molecular formula is C20H22N2O4S. The number of hydrogen-bond acceptors (Lipinski definition) is 5. The summed E-state index contributed by atoms with van der Waals surface area (Å²) in [7, 11) is 0. The second-order valence-electron chi connectivity index (χ2n) is 6.60. The van der Waals surface area contributed by atoms with Gasteiger partial charge in [0.15, 0.2) is 0 Å². The van der Waals surface area contributed by atoms with E-state index in [1.165, 1.54) is 6.07 Å². The van der Waals surface area contributed by atoms with Crippen LogP contribution in [-0.2, 0) is 4.74 Å². The third-order valence-corrected chi connectivity index (χ3v) is 6.29. The number of nitrogens with one attached hydrogen (secondary N) is 1. The molecule has 1 fully saturated rings. The molecule has 0 unspecified atom stereocenters. The highest BCUT2D eigenvalue weighted by Gasteiger charge is 2.34. The molecule has 1 heterocycles. The van der Waals surface area contributed by atoms with Gasteiger partial charge in [-0.1, -0.05) is 24.3 Å². The maximum Gasteiger partial charge on any atom is 0.273 e. The summed E-state index contributed by atoms with van der Waals surface area (Å²) in [6, 6.07) is 14.7. The summed E-state index contributed by atoms with van der Waals surface area (Å²) in [4.78, 5) is 24.5. The van der Waals surface area contributed by atoms with Gasteiger partial charge in [-0.25, -0.2) is 0 Å². The van der Waals surface area contributed by atoms with Crippen molar-refractivity contribution in [3.05, 3.63) is 69.8 Å². The van der Waals surface area contributed by atoms with Crippen molar-refractivity contribution in [2.45, 2.75) is 29.4 Å². The average molecular weight is 386 g/mol. The molecule has 1 amide bonds. The fourth-order valence-corrected chi connectivity index (χ4v) is 4.51. The molecule has 0 aromatic heterocycles. The zero-order valence-electron chi connectivity index (χ0n) is 15.1. The largest absolute Gasteiger partial charge is 0.381 e. The first-order valence-corrected chi connectivity index (χ1v) is 9.66. The van der Waals surface area contributed by atoms with Gasteiger partial charge < -0.3 is 10.1 Å². The standard InChI is InChI=1S/C20H22N2O4S/c1-15-17(8-5-9-18(15)22(24)25)19(23)21-14-20(10-12-26-13-11-20)27-16-6-3-2-4-7-16/h2-9H,10-14H2,1H3,(H,21,23). The molecule has 142 valence electrons.